The molecular weight excluding hydrogens is 190 g/mol. The zero-order valence-electron chi connectivity index (χ0n) is 7.84. The Labute approximate surface area is 80.2 Å². The average molecular weight is 200 g/mol. The van der Waals surface area contributed by atoms with Crippen LogP contribution >= 0.6 is 0 Å². The maximum absolute atomic E-state index is 12.7. The first-order valence-corrected chi connectivity index (χ1v) is 4.15. The summed E-state index contributed by atoms with van der Waals surface area (Å²) in [7, 11) is 0. The van der Waals surface area contributed by atoms with E-state index in [2.05, 4.69) is 0 Å². The van der Waals surface area contributed by atoms with E-state index in [1.54, 1.807) is 13.8 Å². The van der Waals surface area contributed by atoms with E-state index in [1.165, 1.54) is 0 Å². The monoisotopic (exact) mass is 200 g/mol. The minimum Gasteiger partial charge on any atom is -0.507 e. The molecule has 0 fully saturated rings. The quantitative estimate of drug-likeness (QED) is 0.745. The summed E-state index contributed by atoms with van der Waals surface area (Å²) < 4.78 is 25.3. The fourth-order valence-corrected chi connectivity index (χ4v) is 1.04. The van der Waals surface area contributed by atoms with E-state index in [9.17, 15) is 18.7 Å². The molecule has 76 valence electrons. The first-order valence-electron chi connectivity index (χ1n) is 4.15. The summed E-state index contributed by atoms with van der Waals surface area (Å²) >= 11 is 0. The third-order valence-electron chi connectivity index (χ3n) is 1.83. The maximum Gasteiger partial charge on any atom is 0.169 e. The Morgan fingerprint density at radius 1 is 1.29 bits per heavy atom. The van der Waals surface area contributed by atoms with Crippen molar-refractivity contribution >= 4 is 5.78 Å². The van der Waals surface area contributed by atoms with Crippen LogP contribution in [0.15, 0.2) is 12.1 Å². The van der Waals surface area contributed by atoms with Crippen molar-refractivity contribution in [3.63, 3.8) is 0 Å². The summed E-state index contributed by atoms with van der Waals surface area (Å²) in [6, 6.07) is 1.32. The van der Waals surface area contributed by atoms with Crippen LogP contribution in [0.3, 0.4) is 0 Å². The minimum absolute atomic E-state index is 0.182. The predicted molar refractivity (Wildman–Crippen MR) is 47.2 cm³/mol. The molecule has 0 radical (unpaired) electrons. The molecule has 0 bridgehead atoms. The van der Waals surface area contributed by atoms with Crippen molar-refractivity contribution in [2.45, 2.75) is 13.8 Å². The van der Waals surface area contributed by atoms with Gasteiger partial charge >= 0.3 is 0 Å². The summed E-state index contributed by atoms with van der Waals surface area (Å²) in [6.45, 7) is 3.23. The van der Waals surface area contributed by atoms with Crippen LogP contribution in [0.2, 0.25) is 0 Å². The molecule has 1 aromatic rings. The molecule has 0 aliphatic heterocycles. The van der Waals surface area contributed by atoms with Crippen LogP contribution in [0, 0.1) is 17.6 Å². The Morgan fingerprint density at radius 3 is 2.29 bits per heavy atom. The molecule has 4 heteroatoms. The first kappa shape index (κ1) is 10.6. The Balaban J connectivity index is 3.22. The van der Waals surface area contributed by atoms with E-state index in [-0.39, 0.29) is 11.5 Å². The molecule has 0 saturated carbocycles. The van der Waals surface area contributed by atoms with Crippen molar-refractivity contribution in [2.75, 3.05) is 0 Å². The fraction of sp³-hybridized carbons (Fsp3) is 0.300. The second-order valence-electron chi connectivity index (χ2n) is 3.30. The highest BCUT2D eigenvalue weighted by atomic mass is 19.2. The van der Waals surface area contributed by atoms with Crippen molar-refractivity contribution in [3.05, 3.63) is 29.3 Å². The van der Waals surface area contributed by atoms with Gasteiger partial charge in [0.2, 0.25) is 0 Å². The molecule has 0 spiro atoms. The van der Waals surface area contributed by atoms with Crippen molar-refractivity contribution in [3.8, 4) is 5.75 Å². The number of hydrogen-bond acceptors (Lipinski definition) is 2. The third-order valence-corrected chi connectivity index (χ3v) is 1.83. The average Bonchev–Trinajstić information content (AvgIpc) is 2.10. The molecule has 2 nitrogen and oxygen atoms in total. The third kappa shape index (κ3) is 1.89. The van der Waals surface area contributed by atoms with Gasteiger partial charge < -0.3 is 5.11 Å². The number of phenols is 1. The molecule has 0 aliphatic carbocycles. The highest BCUT2D eigenvalue weighted by Crippen LogP contribution is 2.23. The molecule has 0 atom stereocenters. The maximum atomic E-state index is 12.7. The smallest absolute Gasteiger partial charge is 0.169 e. The summed E-state index contributed by atoms with van der Waals surface area (Å²) in [6.07, 6.45) is 0. The van der Waals surface area contributed by atoms with Crippen LogP contribution in [0.4, 0.5) is 8.78 Å². The van der Waals surface area contributed by atoms with Gasteiger partial charge in [-0.2, -0.15) is 0 Å². The lowest BCUT2D eigenvalue weighted by atomic mass is 10.00. The van der Waals surface area contributed by atoms with E-state index in [1.807, 2.05) is 0 Å². The predicted octanol–water partition coefficient (Wildman–Crippen LogP) is 2.51. The van der Waals surface area contributed by atoms with Gasteiger partial charge in [-0.1, -0.05) is 13.8 Å². The zero-order valence-corrected chi connectivity index (χ0v) is 7.84. The van der Waals surface area contributed by atoms with Crippen LogP contribution in [0.1, 0.15) is 24.2 Å². The molecule has 0 amide bonds. The van der Waals surface area contributed by atoms with Crippen molar-refractivity contribution < 1.29 is 18.7 Å². The summed E-state index contributed by atoms with van der Waals surface area (Å²) in [5.41, 5.74) is -0.182. The molecule has 14 heavy (non-hydrogen) atoms. The normalized spacial score (nSPS) is 10.6. The summed E-state index contributed by atoms with van der Waals surface area (Å²) in [5, 5.41) is 9.21. The van der Waals surface area contributed by atoms with Crippen molar-refractivity contribution in [1.82, 2.24) is 0 Å². The SMILES string of the molecule is CC(C)C(=O)c1cc(F)c(F)cc1O. The van der Waals surface area contributed by atoms with E-state index < -0.39 is 23.2 Å². The number of phenolic OH excluding ortho intramolecular Hbond substituents is 1. The largest absolute Gasteiger partial charge is 0.507 e. The molecule has 0 saturated heterocycles. The number of Topliss-reactive ketones (excluding diaryl/α,β-unsaturated/α-hetero) is 1. The summed E-state index contributed by atoms with van der Waals surface area (Å²) in [5.74, 6) is -3.61. The molecule has 0 aliphatic rings. The van der Waals surface area contributed by atoms with Crippen LogP contribution < -0.4 is 0 Å². The van der Waals surface area contributed by atoms with Crippen molar-refractivity contribution in [1.29, 1.82) is 0 Å². The van der Waals surface area contributed by atoms with Gasteiger partial charge in [-0.15, -0.1) is 0 Å². The van der Waals surface area contributed by atoms with Crippen LogP contribution in [0.25, 0.3) is 0 Å². The van der Waals surface area contributed by atoms with Crippen LogP contribution in [-0.2, 0) is 0 Å². The molecule has 1 aromatic carbocycles. The Kier molecular flexibility index (Phi) is 2.84. The van der Waals surface area contributed by atoms with Gasteiger partial charge in [0, 0.05) is 12.0 Å². The molecule has 1 rings (SSSR count). The van der Waals surface area contributed by atoms with Gasteiger partial charge in [-0.05, 0) is 6.07 Å². The molecule has 1 N–H and O–H groups in total. The second kappa shape index (κ2) is 3.74. The van der Waals surface area contributed by atoms with Crippen molar-refractivity contribution in [2.24, 2.45) is 5.92 Å². The number of carbonyl (C=O) groups is 1. The number of halogens is 2. The highest BCUT2D eigenvalue weighted by Gasteiger charge is 2.17. The van der Waals surface area contributed by atoms with E-state index >= 15 is 0 Å². The van der Waals surface area contributed by atoms with Gasteiger partial charge in [0.1, 0.15) is 5.75 Å². The number of rotatable bonds is 2. The van der Waals surface area contributed by atoms with Gasteiger partial charge in [-0.25, -0.2) is 8.78 Å². The number of ketones is 1. The zero-order chi connectivity index (χ0) is 10.9. The topological polar surface area (TPSA) is 37.3 Å². The lowest BCUT2D eigenvalue weighted by Crippen LogP contribution is -2.08. The number of aromatic hydroxyl groups is 1. The Bertz CT molecular complexity index is 373. The van der Waals surface area contributed by atoms with Crippen LogP contribution in [-0.4, -0.2) is 10.9 Å². The van der Waals surface area contributed by atoms with E-state index in [4.69, 9.17) is 0 Å². The molecule has 0 aromatic heterocycles. The number of benzene rings is 1. The molecular formula is C10H10F2O2. The van der Waals surface area contributed by atoms with E-state index in [0.29, 0.717) is 12.1 Å². The number of carbonyl (C=O) groups excluding carboxylic acids is 1. The second-order valence-corrected chi connectivity index (χ2v) is 3.30. The lowest BCUT2D eigenvalue weighted by Gasteiger charge is -2.06. The van der Waals surface area contributed by atoms with Gasteiger partial charge in [0.05, 0.1) is 5.56 Å². The summed E-state index contributed by atoms with van der Waals surface area (Å²) in [4.78, 5) is 11.4. The highest BCUT2D eigenvalue weighted by molar-refractivity contribution is 5.99. The minimum atomic E-state index is -1.16. The van der Waals surface area contributed by atoms with Gasteiger partial charge in [-0.3, -0.25) is 4.79 Å². The standard InChI is InChI=1S/C10H10F2O2/c1-5(2)10(14)6-3-7(11)8(12)4-9(6)13/h3-5,13H,1-2H3. The Hall–Kier alpha value is -1.45. The molecule has 0 unspecified atom stereocenters. The molecule has 0 heterocycles. The van der Waals surface area contributed by atoms with E-state index in [0.717, 1.165) is 0 Å². The van der Waals surface area contributed by atoms with Crippen LogP contribution in [0.5, 0.6) is 5.75 Å². The fourth-order valence-electron chi connectivity index (χ4n) is 1.04. The van der Waals surface area contributed by atoms with Gasteiger partial charge in [0.15, 0.2) is 17.4 Å². The van der Waals surface area contributed by atoms with Gasteiger partial charge in [0.25, 0.3) is 0 Å². The lowest BCUT2D eigenvalue weighted by molar-refractivity contribution is 0.0936. The number of hydrogen-bond donors (Lipinski definition) is 1. The first-order chi connectivity index (χ1) is 6.43. The Morgan fingerprint density at radius 2 is 1.79 bits per heavy atom.